The van der Waals surface area contributed by atoms with Crippen LogP contribution in [0.1, 0.15) is 48.2 Å². The Morgan fingerprint density at radius 1 is 1.10 bits per heavy atom. The smallest absolute Gasteiger partial charge is 0.272 e. The lowest BCUT2D eigenvalue weighted by atomic mass is 9.66. The van der Waals surface area contributed by atoms with Crippen LogP contribution in [-0.4, -0.2) is 38.7 Å². The Kier molecular flexibility index (Phi) is 5.10. The van der Waals surface area contributed by atoms with E-state index in [1.54, 1.807) is 18.2 Å². The zero-order chi connectivity index (χ0) is 21.4. The fourth-order valence-electron chi connectivity index (χ4n) is 5.38. The normalized spacial score (nSPS) is 25.8. The van der Waals surface area contributed by atoms with Crippen LogP contribution in [0.2, 0.25) is 0 Å². The summed E-state index contributed by atoms with van der Waals surface area (Å²) in [4.78, 5) is 15.3. The van der Waals surface area contributed by atoms with E-state index in [2.05, 4.69) is 10.2 Å². The minimum Gasteiger partial charge on any atom is -0.385 e. The number of aliphatic hydroxyl groups is 1. The Labute approximate surface area is 180 Å². The number of aromatic nitrogens is 2. The first-order chi connectivity index (χ1) is 15.1. The van der Waals surface area contributed by atoms with E-state index in [-0.39, 0.29) is 23.7 Å². The number of hydrogen-bond donors (Lipinski definition) is 2. The van der Waals surface area contributed by atoms with Crippen molar-refractivity contribution in [2.45, 2.75) is 43.7 Å². The molecular weight excluding hydrogens is 393 g/mol. The van der Waals surface area contributed by atoms with Gasteiger partial charge in [0.25, 0.3) is 5.91 Å². The van der Waals surface area contributed by atoms with Crippen molar-refractivity contribution in [3.8, 4) is 11.3 Å². The van der Waals surface area contributed by atoms with E-state index in [1.165, 1.54) is 12.1 Å². The van der Waals surface area contributed by atoms with Crippen molar-refractivity contribution in [2.24, 2.45) is 5.92 Å². The quantitative estimate of drug-likeness (QED) is 0.656. The Hall–Kier alpha value is -2.99. The molecule has 5 rings (SSSR count). The van der Waals surface area contributed by atoms with Crippen molar-refractivity contribution in [1.82, 2.24) is 15.1 Å². The first-order valence-corrected chi connectivity index (χ1v) is 11.0. The maximum Gasteiger partial charge on any atom is 0.272 e. The first kappa shape index (κ1) is 19.9. The van der Waals surface area contributed by atoms with Crippen LogP contribution in [0.25, 0.3) is 11.3 Å². The van der Waals surface area contributed by atoms with Crippen LogP contribution >= 0.6 is 0 Å². The number of rotatable bonds is 3. The molecule has 0 spiro atoms. The highest BCUT2D eigenvalue weighted by atomic mass is 19.1. The first-order valence-electron chi connectivity index (χ1n) is 11.0. The van der Waals surface area contributed by atoms with E-state index in [0.29, 0.717) is 24.4 Å². The highest BCUT2D eigenvalue weighted by molar-refractivity contribution is 5.93. The fraction of sp³-hybridized carbons (Fsp3) is 0.360. The molecule has 0 radical (unpaired) electrons. The maximum absolute atomic E-state index is 13.4. The average Bonchev–Trinajstić information content (AvgIpc) is 3.31. The topological polar surface area (TPSA) is 69.2 Å². The Balaban J connectivity index is 1.41. The molecule has 1 saturated carbocycles. The minimum atomic E-state index is -0.906. The number of benzene rings is 2. The van der Waals surface area contributed by atoms with Crippen LogP contribution in [0.5, 0.6) is 0 Å². The van der Waals surface area contributed by atoms with Crippen molar-refractivity contribution in [2.75, 3.05) is 6.54 Å². The summed E-state index contributed by atoms with van der Waals surface area (Å²) in [6.07, 6.45) is 4.44. The van der Waals surface area contributed by atoms with Gasteiger partial charge in [0, 0.05) is 24.1 Å². The molecule has 6 heteroatoms. The number of fused-ring (bicyclic) bond motifs is 1. The van der Waals surface area contributed by atoms with Crippen LogP contribution in [0.4, 0.5) is 4.39 Å². The molecule has 2 aromatic carbocycles. The Morgan fingerprint density at radius 2 is 1.84 bits per heavy atom. The van der Waals surface area contributed by atoms with Crippen LogP contribution in [-0.2, 0) is 5.60 Å². The number of nitrogens with one attached hydrogen (secondary N) is 1. The molecule has 5 nitrogen and oxygen atoms in total. The summed E-state index contributed by atoms with van der Waals surface area (Å²) in [5.74, 6) is -0.383. The number of hydrogen-bond acceptors (Lipinski definition) is 3. The van der Waals surface area contributed by atoms with Gasteiger partial charge in [0.15, 0.2) is 0 Å². The van der Waals surface area contributed by atoms with Crippen LogP contribution in [0.15, 0.2) is 60.7 Å². The number of H-pyrrole nitrogens is 1. The third-order valence-corrected chi connectivity index (χ3v) is 6.96. The molecule has 1 aliphatic heterocycles. The van der Waals surface area contributed by atoms with E-state index < -0.39 is 5.60 Å². The largest absolute Gasteiger partial charge is 0.385 e. The number of carbonyl (C=O) groups excluding carboxylic acids is 1. The molecule has 1 aromatic heterocycles. The standard InChI is InChI=1S/C25H26FN3O2/c26-19-12-10-17(11-13-19)21-16-22(28-27-21)24(30)29-15-14-25(31,18-6-2-1-3-7-18)20-8-4-5-9-23(20)29/h1-3,6-7,10-13,16,20,23,31H,4-5,8-9,14-15H2,(H,27,28). The summed E-state index contributed by atoms with van der Waals surface area (Å²) in [6, 6.07) is 17.7. The summed E-state index contributed by atoms with van der Waals surface area (Å²) < 4.78 is 13.2. The molecule has 2 fully saturated rings. The molecule has 2 heterocycles. The van der Waals surface area contributed by atoms with Crippen molar-refractivity contribution in [1.29, 1.82) is 0 Å². The van der Waals surface area contributed by atoms with Gasteiger partial charge in [-0.3, -0.25) is 9.89 Å². The molecule has 3 atom stereocenters. The van der Waals surface area contributed by atoms with Gasteiger partial charge in [-0.2, -0.15) is 5.10 Å². The molecule has 1 amide bonds. The van der Waals surface area contributed by atoms with Crippen LogP contribution < -0.4 is 0 Å². The van der Waals surface area contributed by atoms with Gasteiger partial charge < -0.3 is 10.0 Å². The van der Waals surface area contributed by atoms with Crippen molar-refractivity contribution >= 4 is 5.91 Å². The number of likely N-dealkylation sites (tertiary alicyclic amines) is 1. The van der Waals surface area contributed by atoms with E-state index in [0.717, 1.165) is 36.8 Å². The van der Waals surface area contributed by atoms with Crippen molar-refractivity contribution in [3.63, 3.8) is 0 Å². The van der Waals surface area contributed by atoms with Crippen LogP contribution in [0.3, 0.4) is 0 Å². The van der Waals surface area contributed by atoms with E-state index in [9.17, 15) is 14.3 Å². The van der Waals surface area contributed by atoms with Gasteiger partial charge in [0.1, 0.15) is 11.5 Å². The average molecular weight is 420 g/mol. The lowest BCUT2D eigenvalue weighted by Crippen LogP contribution is -2.59. The van der Waals surface area contributed by atoms with Crippen molar-refractivity contribution < 1.29 is 14.3 Å². The minimum absolute atomic E-state index is 0.00206. The summed E-state index contributed by atoms with van der Waals surface area (Å²) in [5.41, 5.74) is 1.83. The monoisotopic (exact) mass is 419 g/mol. The molecule has 3 unspecified atom stereocenters. The second kappa shape index (κ2) is 7.93. The van der Waals surface area contributed by atoms with Crippen LogP contribution in [0, 0.1) is 11.7 Å². The number of aromatic amines is 1. The van der Waals surface area contributed by atoms with Gasteiger partial charge in [0.05, 0.1) is 11.3 Å². The zero-order valence-corrected chi connectivity index (χ0v) is 17.3. The van der Waals surface area contributed by atoms with Gasteiger partial charge in [-0.1, -0.05) is 43.2 Å². The number of halogens is 1. The molecule has 1 aliphatic carbocycles. The van der Waals surface area contributed by atoms with E-state index in [4.69, 9.17) is 0 Å². The van der Waals surface area contributed by atoms with Gasteiger partial charge in [-0.05, 0) is 55.2 Å². The number of piperidine rings is 1. The highest BCUT2D eigenvalue weighted by Crippen LogP contribution is 2.47. The summed E-state index contributed by atoms with van der Waals surface area (Å²) in [5, 5.41) is 18.8. The molecule has 2 aliphatic rings. The summed E-state index contributed by atoms with van der Waals surface area (Å²) >= 11 is 0. The van der Waals surface area contributed by atoms with Crippen molar-refractivity contribution in [3.05, 3.63) is 77.7 Å². The van der Waals surface area contributed by atoms with Gasteiger partial charge in [0.2, 0.25) is 0 Å². The van der Waals surface area contributed by atoms with Gasteiger partial charge in [-0.25, -0.2) is 4.39 Å². The highest BCUT2D eigenvalue weighted by Gasteiger charge is 2.50. The zero-order valence-electron chi connectivity index (χ0n) is 17.3. The number of amides is 1. The lowest BCUT2D eigenvalue weighted by Gasteiger charge is -2.52. The molecule has 0 bridgehead atoms. The predicted molar refractivity (Wildman–Crippen MR) is 116 cm³/mol. The van der Waals surface area contributed by atoms with Gasteiger partial charge >= 0.3 is 0 Å². The third-order valence-electron chi connectivity index (χ3n) is 6.96. The Bertz CT molecular complexity index is 1070. The van der Waals surface area contributed by atoms with E-state index >= 15 is 0 Å². The second-order valence-electron chi connectivity index (χ2n) is 8.67. The Morgan fingerprint density at radius 3 is 2.61 bits per heavy atom. The molecule has 160 valence electrons. The second-order valence-corrected chi connectivity index (χ2v) is 8.67. The summed E-state index contributed by atoms with van der Waals surface area (Å²) in [6.45, 7) is 0.496. The van der Waals surface area contributed by atoms with E-state index in [1.807, 2.05) is 35.2 Å². The molecule has 31 heavy (non-hydrogen) atoms. The fourth-order valence-corrected chi connectivity index (χ4v) is 5.38. The molecule has 1 saturated heterocycles. The third kappa shape index (κ3) is 3.55. The summed E-state index contributed by atoms with van der Waals surface area (Å²) in [7, 11) is 0. The van der Waals surface area contributed by atoms with Gasteiger partial charge in [-0.15, -0.1) is 0 Å². The number of nitrogens with zero attached hydrogens (tertiary/aromatic N) is 2. The predicted octanol–water partition coefficient (Wildman–Crippen LogP) is 4.51. The number of carbonyl (C=O) groups is 1. The molecule has 2 N–H and O–H groups in total. The maximum atomic E-state index is 13.4. The molecular formula is C25H26FN3O2. The SMILES string of the molecule is O=C(c1cc(-c2ccc(F)cc2)n[nH]1)N1CCC(O)(c2ccccc2)C2CCCCC21. The lowest BCUT2D eigenvalue weighted by molar-refractivity contribution is -0.110. The molecule has 3 aromatic rings.